The fourth-order valence-corrected chi connectivity index (χ4v) is 5.45. The third-order valence-corrected chi connectivity index (χ3v) is 6.75. The van der Waals surface area contributed by atoms with E-state index in [1.165, 1.54) is 10.4 Å². The molecule has 0 saturated carbocycles. The molecular weight excluding hydrogens is 324 g/mol. The summed E-state index contributed by atoms with van der Waals surface area (Å²) in [7, 11) is 0. The molecule has 0 aliphatic carbocycles. The number of nitrogens with zero attached hydrogens (tertiary/aromatic N) is 1. The number of aryl methyl sites for hydroxylation is 1. The molecule has 3 rings (SSSR count). The second kappa shape index (κ2) is 6.49. The lowest BCUT2D eigenvalue weighted by Gasteiger charge is -2.43. The van der Waals surface area contributed by atoms with E-state index in [4.69, 9.17) is 5.73 Å². The Labute approximate surface area is 141 Å². The number of hydrogen-bond acceptors (Lipinski definition) is 4. The van der Waals surface area contributed by atoms with Gasteiger partial charge in [-0.2, -0.15) is 0 Å². The molecule has 0 spiro atoms. The van der Waals surface area contributed by atoms with Crippen LogP contribution in [0.5, 0.6) is 0 Å². The van der Waals surface area contributed by atoms with E-state index in [-0.39, 0.29) is 35.0 Å². The molecule has 1 aromatic rings. The molecule has 3 heterocycles. The summed E-state index contributed by atoms with van der Waals surface area (Å²) < 4.78 is 0. The van der Waals surface area contributed by atoms with Crippen molar-refractivity contribution in [1.82, 2.24) is 4.90 Å². The highest BCUT2D eigenvalue weighted by Gasteiger charge is 2.38. The van der Waals surface area contributed by atoms with Crippen molar-refractivity contribution in [3.63, 3.8) is 0 Å². The molecule has 2 N–H and O–H groups in total. The van der Waals surface area contributed by atoms with Crippen LogP contribution in [0.2, 0.25) is 0 Å². The largest absolute Gasteiger partial charge is 0.341 e. The van der Waals surface area contributed by atoms with Gasteiger partial charge in [-0.1, -0.05) is 13.8 Å². The Morgan fingerprint density at radius 3 is 2.95 bits per heavy atom. The number of rotatable bonds is 1. The summed E-state index contributed by atoms with van der Waals surface area (Å²) in [5.41, 5.74) is 7.44. The van der Waals surface area contributed by atoms with E-state index < -0.39 is 0 Å². The molecule has 3 nitrogen and oxygen atoms in total. The van der Waals surface area contributed by atoms with Gasteiger partial charge in [-0.3, -0.25) is 4.79 Å². The molecule has 118 valence electrons. The zero-order valence-electron chi connectivity index (χ0n) is 12.5. The highest BCUT2D eigenvalue weighted by Crippen LogP contribution is 2.41. The quantitative estimate of drug-likeness (QED) is 0.850. The van der Waals surface area contributed by atoms with Crippen molar-refractivity contribution in [3.8, 4) is 0 Å². The summed E-state index contributed by atoms with van der Waals surface area (Å²) in [6, 6.07) is 2.33. The van der Waals surface area contributed by atoms with Gasteiger partial charge in [-0.25, -0.2) is 0 Å². The predicted octanol–water partition coefficient (Wildman–Crippen LogP) is 3.09. The van der Waals surface area contributed by atoms with Crippen LogP contribution >= 0.6 is 35.5 Å². The SMILES string of the molecule is CC1(C)CN(C(=O)C2SCCc3sccc32)CCC1N.Cl. The third-order valence-electron chi connectivity index (χ3n) is 4.52. The second-order valence-corrected chi connectivity index (χ2v) is 8.66. The summed E-state index contributed by atoms with van der Waals surface area (Å²) >= 11 is 3.59. The van der Waals surface area contributed by atoms with Gasteiger partial charge < -0.3 is 10.6 Å². The van der Waals surface area contributed by atoms with Crippen molar-refractivity contribution in [2.45, 2.75) is 38.0 Å². The number of piperidine rings is 1. The van der Waals surface area contributed by atoms with Crippen LogP contribution in [-0.4, -0.2) is 35.7 Å². The summed E-state index contributed by atoms with van der Waals surface area (Å²) in [5.74, 6) is 1.34. The molecule has 0 aromatic carbocycles. The van der Waals surface area contributed by atoms with Crippen molar-refractivity contribution in [3.05, 3.63) is 21.9 Å². The first-order valence-electron chi connectivity index (χ1n) is 7.21. The standard InChI is InChI=1S/C15H22N2OS2.ClH/c1-15(2)9-17(6-3-12(15)16)14(18)13-10-4-7-19-11(10)5-8-20-13;/h4,7,12-13H,3,5-6,8-9,16H2,1-2H3;1H. The number of fused-ring (bicyclic) bond motifs is 1. The highest BCUT2D eigenvalue weighted by atomic mass is 35.5. The van der Waals surface area contributed by atoms with Crippen LogP contribution in [0.15, 0.2) is 11.4 Å². The molecule has 1 amide bonds. The number of thioether (sulfide) groups is 1. The van der Waals surface area contributed by atoms with E-state index in [9.17, 15) is 4.79 Å². The summed E-state index contributed by atoms with van der Waals surface area (Å²) in [6.07, 6.45) is 2.02. The van der Waals surface area contributed by atoms with Gasteiger partial charge >= 0.3 is 0 Å². The number of nitrogens with two attached hydrogens (primary N) is 1. The molecule has 21 heavy (non-hydrogen) atoms. The number of thiophene rings is 1. The Bertz CT molecular complexity index is 518. The molecule has 2 unspecified atom stereocenters. The van der Waals surface area contributed by atoms with E-state index in [0.717, 1.165) is 31.7 Å². The average molecular weight is 347 g/mol. The van der Waals surface area contributed by atoms with Crippen LogP contribution in [-0.2, 0) is 11.2 Å². The predicted molar refractivity (Wildman–Crippen MR) is 93.4 cm³/mol. The summed E-state index contributed by atoms with van der Waals surface area (Å²) in [5, 5.41) is 2.13. The van der Waals surface area contributed by atoms with E-state index in [2.05, 4.69) is 25.3 Å². The van der Waals surface area contributed by atoms with Crippen molar-refractivity contribution in [1.29, 1.82) is 0 Å². The maximum absolute atomic E-state index is 12.9. The van der Waals surface area contributed by atoms with Crippen molar-refractivity contribution in [2.75, 3.05) is 18.8 Å². The molecule has 1 fully saturated rings. The first-order valence-corrected chi connectivity index (χ1v) is 9.14. The minimum absolute atomic E-state index is 0. The Kier molecular flexibility index (Phi) is 5.29. The average Bonchev–Trinajstić information content (AvgIpc) is 2.89. The van der Waals surface area contributed by atoms with Gasteiger partial charge in [0.05, 0.1) is 0 Å². The van der Waals surface area contributed by atoms with Crippen LogP contribution in [0.25, 0.3) is 0 Å². The molecule has 2 atom stereocenters. The van der Waals surface area contributed by atoms with Gasteiger partial charge in [0.15, 0.2) is 0 Å². The second-order valence-electron chi connectivity index (χ2n) is 6.44. The maximum Gasteiger partial charge on any atom is 0.240 e. The van der Waals surface area contributed by atoms with Crippen LogP contribution in [0.4, 0.5) is 0 Å². The number of carbonyl (C=O) groups is 1. The van der Waals surface area contributed by atoms with E-state index in [1.807, 2.05) is 4.90 Å². The molecule has 2 aliphatic heterocycles. The highest BCUT2D eigenvalue weighted by molar-refractivity contribution is 8.00. The lowest BCUT2D eigenvalue weighted by atomic mass is 9.79. The Morgan fingerprint density at radius 2 is 2.24 bits per heavy atom. The minimum Gasteiger partial charge on any atom is -0.341 e. The maximum atomic E-state index is 12.9. The van der Waals surface area contributed by atoms with Gasteiger partial charge in [0, 0.05) is 24.0 Å². The number of carbonyl (C=O) groups excluding carboxylic acids is 1. The topological polar surface area (TPSA) is 46.3 Å². The van der Waals surface area contributed by atoms with Gasteiger partial charge in [0.25, 0.3) is 0 Å². The number of amides is 1. The third kappa shape index (κ3) is 3.26. The van der Waals surface area contributed by atoms with E-state index in [1.54, 1.807) is 23.1 Å². The van der Waals surface area contributed by atoms with Crippen LogP contribution in [0.1, 0.15) is 36.0 Å². The summed E-state index contributed by atoms with van der Waals surface area (Å²) in [6.45, 7) is 5.92. The minimum atomic E-state index is 0. The van der Waals surface area contributed by atoms with Gasteiger partial charge in [-0.05, 0) is 41.0 Å². The monoisotopic (exact) mass is 346 g/mol. The normalized spacial score (nSPS) is 27.7. The van der Waals surface area contributed by atoms with E-state index >= 15 is 0 Å². The fraction of sp³-hybridized carbons (Fsp3) is 0.667. The lowest BCUT2D eigenvalue weighted by molar-refractivity contribution is -0.134. The molecule has 1 aromatic heterocycles. The zero-order valence-corrected chi connectivity index (χ0v) is 15.0. The van der Waals surface area contributed by atoms with Gasteiger partial charge in [0.1, 0.15) is 5.25 Å². The molecular formula is C15H23ClN2OS2. The molecule has 1 saturated heterocycles. The lowest BCUT2D eigenvalue weighted by Crippen LogP contribution is -2.54. The first kappa shape index (κ1) is 17.1. The van der Waals surface area contributed by atoms with Gasteiger partial charge in [-0.15, -0.1) is 35.5 Å². The van der Waals surface area contributed by atoms with Gasteiger partial charge in [0.2, 0.25) is 5.91 Å². The molecule has 0 radical (unpaired) electrons. The first-order chi connectivity index (χ1) is 9.49. The fourth-order valence-electron chi connectivity index (χ4n) is 3.08. The molecule has 0 bridgehead atoms. The van der Waals surface area contributed by atoms with Crippen LogP contribution < -0.4 is 5.73 Å². The number of likely N-dealkylation sites (tertiary alicyclic amines) is 1. The summed E-state index contributed by atoms with van der Waals surface area (Å²) in [4.78, 5) is 16.3. The van der Waals surface area contributed by atoms with Crippen molar-refractivity contribution < 1.29 is 4.79 Å². The van der Waals surface area contributed by atoms with Crippen LogP contribution in [0, 0.1) is 5.41 Å². The Morgan fingerprint density at radius 1 is 1.48 bits per heavy atom. The Hall–Kier alpha value is -0.230. The Balaban J connectivity index is 0.00000161. The smallest absolute Gasteiger partial charge is 0.240 e. The van der Waals surface area contributed by atoms with Crippen molar-refractivity contribution >= 4 is 41.4 Å². The van der Waals surface area contributed by atoms with Crippen LogP contribution in [0.3, 0.4) is 0 Å². The number of halogens is 1. The van der Waals surface area contributed by atoms with E-state index in [0.29, 0.717) is 0 Å². The number of hydrogen-bond donors (Lipinski definition) is 1. The van der Waals surface area contributed by atoms with Crippen molar-refractivity contribution in [2.24, 2.45) is 11.1 Å². The molecule has 6 heteroatoms. The molecule has 2 aliphatic rings. The zero-order chi connectivity index (χ0) is 14.3.